The van der Waals surface area contributed by atoms with Crippen molar-refractivity contribution in [3.05, 3.63) is 59.8 Å². The molecule has 1 saturated heterocycles. The third kappa shape index (κ3) is 4.16. The van der Waals surface area contributed by atoms with Gasteiger partial charge in [0, 0.05) is 39.2 Å². The van der Waals surface area contributed by atoms with Crippen LogP contribution >= 0.6 is 0 Å². The summed E-state index contributed by atoms with van der Waals surface area (Å²) in [4.78, 5) is 1.92. The Labute approximate surface area is 142 Å². The van der Waals surface area contributed by atoms with Gasteiger partial charge in [-0.3, -0.25) is 0 Å². The van der Waals surface area contributed by atoms with Crippen molar-refractivity contribution in [3.8, 4) is 0 Å². The molecular weight excluding hydrogens is 309 g/mol. The van der Waals surface area contributed by atoms with Crippen LogP contribution < -0.4 is 0 Å². The smallest absolute Gasteiger partial charge is 0.190 e. The van der Waals surface area contributed by atoms with Crippen molar-refractivity contribution >= 4 is 0 Å². The van der Waals surface area contributed by atoms with E-state index in [0.29, 0.717) is 32.2 Å². The second-order valence-electron chi connectivity index (χ2n) is 6.25. The van der Waals surface area contributed by atoms with Gasteiger partial charge in [0.1, 0.15) is 12.4 Å². The maximum Gasteiger partial charge on any atom is 0.190 e. The molecule has 2 heterocycles. The van der Waals surface area contributed by atoms with Crippen molar-refractivity contribution in [2.45, 2.75) is 25.0 Å². The summed E-state index contributed by atoms with van der Waals surface area (Å²) in [6, 6.07) is 9.96. The average Bonchev–Trinajstić information content (AvgIpc) is 2.63. The first-order valence-corrected chi connectivity index (χ1v) is 8.32. The number of halogens is 1. The van der Waals surface area contributed by atoms with Crippen LogP contribution in [-0.2, 0) is 20.8 Å². The SMILES string of the molecule is COC1(CN2CC(F)=CC=C2OCc2ccccc2)CCOCC1. The molecule has 4 nitrogen and oxygen atoms in total. The van der Waals surface area contributed by atoms with Gasteiger partial charge < -0.3 is 19.1 Å². The van der Waals surface area contributed by atoms with E-state index >= 15 is 0 Å². The summed E-state index contributed by atoms with van der Waals surface area (Å²) in [6.07, 6.45) is 4.78. The summed E-state index contributed by atoms with van der Waals surface area (Å²) in [5.41, 5.74) is 0.770. The Morgan fingerprint density at radius 2 is 1.92 bits per heavy atom. The van der Waals surface area contributed by atoms with Crippen LogP contribution in [-0.4, -0.2) is 43.9 Å². The van der Waals surface area contributed by atoms with Crippen LogP contribution in [0.2, 0.25) is 0 Å². The molecule has 0 bridgehead atoms. The molecule has 0 saturated carbocycles. The Bertz CT molecular complexity index is 594. The summed E-state index contributed by atoms with van der Waals surface area (Å²) in [6.45, 7) is 2.61. The van der Waals surface area contributed by atoms with E-state index in [1.807, 2.05) is 35.2 Å². The number of hydrogen-bond donors (Lipinski definition) is 0. The van der Waals surface area contributed by atoms with Crippen LogP contribution in [0.25, 0.3) is 0 Å². The highest BCUT2D eigenvalue weighted by Crippen LogP contribution is 2.29. The van der Waals surface area contributed by atoms with Crippen LogP contribution in [0.1, 0.15) is 18.4 Å². The number of ether oxygens (including phenoxy) is 3. The van der Waals surface area contributed by atoms with Gasteiger partial charge in [-0.05, 0) is 11.6 Å². The third-order valence-corrected chi connectivity index (χ3v) is 4.61. The monoisotopic (exact) mass is 333 g/mol. The first kappa shape index (κ1) is 17.0. The molecule has 0 atom stereocenters. The molecule has 0 aliphatic carbocycles. The summed E-state index contributed by atoms with van der Waals surface area (Å²) >= 11 is 0. The van der Waals surface area contributed by atoms with Crippen molar-refractivity contribution in [3.63, 3.8) is 0 Å². The van der Waals surface area contributed by atoms with Crippen molar-refractivity contribution in [1.82, 2.24) is 4.90 Å². The lowest BCUT2D eigenvalue weighted by molar-refractivity contribution is -0.106. The zero-order chi connectivity index (χ0) is 16.8. The molecule has 0 aromatic heterocycles. The quantitative estimate of drug-likeness (QED) is 0.798. The lowest BCUT2D eigenvalue weighted by Gasteiger charge is -2.41. The van der Waals surface area contributed by atoms with Gasteiger partial charge in [-0.2, -0.15) is 0 Å². The van der Waals surface area contributed by atoms with Gasteiger partial charge in [-0.1, -0.05) is 30.3 Å². The minimum absolute atomic E-state index is 0.166. The second-order valence-corrected chi connectivity index (χ2v) is 6.25. The number of rotatable bonds is 6. The van der Waals surface area contributed by atoms with Crippen molar-refractivity contribution in [1.29, 1.82) is 0 Å². The Balaban J connectivity index is 1.68. The van der Waals surface area contributed by atoms with Crippen LogP contribution in [0.3, 0.4) is 0 Å². The van der Waals surface area contributed by atoms with Gasteiger partial charge in [0.05, 0.1) is 18.7 Å². The highest BCUT2D eigenvalue weighted by molar-refractivity contribution is 5.19. The zero-order valence-electron chi connectivity index (χ0n) is 14.0. The fraction of sp³-hybridized carbons (Fsp3) is 0.474. The maximum absolute atomic E-state index is 13.8. The molecule has 0 unspecified atom stereocenters. The molecule has 5 heteroatoms. The molecule has 2 aliphatic heterocycles. The number of allylic oxidation sites excluding steroid dienone is 2. The number of hydrogen-bond acceptors (Lipinski definition) is 4. The van der Waals surface area contributed by atoms with Crippen LogP contribution in [0, 0.1) is 0 Å². The van der Waals surface area contributed by atoms with Gasteiger partial charge in [0.2, 0.25) is 0 Å². The highest BCUT2D eigenvalue weighted by atomic mass is 19.1. The van der Waals surface area contributed by atoms with Gasteiger partial charge in [-0.15, -0.1) is 0 Å². The lowest BCUT2D eigenvalue weighted by Crippen LogP contribution is -2.48. The predicted octanol–water partition coefficient (Wildman–Crippen LogP) is 3.41. The first-order chi connectivity index (χ1) is 11.7. The Kier molecular flexibility index (Phi) is 5.53. The normalized spacial score (nSPS) is 20.3. The van der Waals surface area contributed by atoms with E-state index in [2.05, 4.69) is 0 Å². The molecule has 3 rings (SSSR count). The molecule has 0 N–H and O–H groups in total. The topological polar surface area (TPSA) is 30.9 Å². The van der Waals surface area contributed by atoms with Gasteiger partial charge in [-0.25, -0.2) is 4.39 Å². The largest absolute Gasteiger partial charge is 0.474 e. The number of benzene rings is 1. The standard InChI is InChI=1S/C19H24FNO3/c1-22-19(9-11-23-12-10-19)15-21-13-17(20)7-8-18(21)24-14-16-5-3-2-4-6-16/h2-8H,9-15H2,1H3. The van der Waals surface area contributed by atoms with Crippen molar-refractivity contribution < 1.29 is 18.6 Å². The zero-order valence-corrected chi connectivity index (χ0v) is 14.0. The molecular formula is C19H24FNO3. The predicted molar refractivity (Wildman–Crippen MR) is 89.9 cm³/mol. The molecule has 2 aliphatic rings. The van der Waals surface area contributed by atoms with E-state index in [-0.39, 0.29) is 18.0 Å². The van der Waals surface area contributed by atoms with E-state index in [0.717, 1.165) is 18.4 Å². The number of nitrogens with zero attached hydrogens (tertiary/aromatic N) is 1. The first-order valence-electron chi connectivity index (χ1n) is 8.32. The summed E-state index contributed by atoms with van der Waals surface area (Å²) in [5, 5.41) is 0. The third-order valence-electron chi connectivity index (χ3n) is 4.61. The molecule has 0 radical (unpaired) electrons. The molecule has 1 aromatic rings. The fourth-order valence-corrected chi connectivity index (χ4v) is 3.10. The van der Waals surface area contributed by atoms with Gasteiger partial charge >= 0.3 is 0 Å². The van der Waals surface area contributed by atoms with Crippen LogP contribution in [0.4, 0.5) is 4.39 Å². The molecule has 0 spiro atoms. The van der Waals surface area contributed by atoms with E-state index in [1.165, 1.54) is 6.08 Å². The van der Waals surface area contributed by atoms with Gasteiger partial charge in [0.15, 0.2) is 5.88 Å². The molecule has 0 amide bonds. The molecule has 1 fully saturated rings. The molecule has 24 heavy (non-hydrogen) atoms. The van der Waals surface area contributed by atoms with E-state index in [1.54, 1.807) is 13.2 Å². The highest BCUT2D eigenvalue weighted by Gasteiger charge is 2.36. The maximum atomic E-state index is 13.8. The Morgan fingerprint density at radius 3 is 2.62 bits per heavy atom. The van der Waals surface area contributed by atoms with Crippen LogP contribution in [0.15, 0.2) is 54.2 Å². The average molecular weight is 333 g/mol. The Hall–Kier alpha value is -1.85. The summed E-state index contributed by atoms with van der Waals surface area (Å²) in [7, 11) is 1.72. The summed E-state index contributed by atoms with van der Waals surface area (Å²) < 4.78 is 31.0. The second kappa shape index (κ2) is 7.81. The molecule has 1 aromatic carbocycles. The van der Waals surface area contributed by atoms with Crippen LogP contribution in [0.5, 0.6) is 0 Å². The van der Waals surface area contributed by atoms with Crippen molar-refractivity contribution in [2.24, 2.45) is 0 Å². The minimum Gasteiger partial charge on any atom is -0.474 e. The van der Waals surface area contributed by atoms with Gasteiger partial charge in [0.25, 0.3) is 0 Å². The number of methoxy groups -OCH3 is 1. The van der Waals surface area contributed by atoms with E-state index in [4.69, 9.17) is 14.2 Å². The summed E-state index contributed by atoms with van der Waals surface area (Å²) in [5.74, 6) is 0.517. The molecule has 130 valence electrons. The fourth-order valence-electron chi connectivity index (χ4n) is 3.10. The van der Waals surface area contributed by atoms with E-state index < -0.39 is 0 Å². The van der Waals surface area contributed by atoms with Crippen molar-refractivity contribution in [2.75, 3.05) is 33.4 Å². The van der Waals surface area contributed by atoms with E-state index in [9.17, 15) is 4.39 Å². The Morgan fingerprint density at radius 1 is 1.17 bits per heavy atom. The lowest BCUT2D eigenvalue weighted by atomic mass is 9.93. The minimum atomic E-state index is -0.314.